The van der Waals surface area contributed by atoms with Crippen LogP contribution in [0.4, 0.5) is 5.69 Å². The van der Waals surface area contributed by atoms with Gasteiger partial charge in [-0.05, 0) is 88.0 Å². The minimum Gasteiger partial charge on any atom is -0.399 e. The van der Waals surface area contributed by atoms with E-state index in [-0.39, 0.29) is 5.41 Å². The molecule has 0 fully saturated rings. The molecule has 1 atom stereocenters. The van der Waals surface area contributed by atoms with E-state index in [9.17, 15) is 0 Å². The first-order valence-electron chi connectivity index (χ1n) is 11.7. The Morgan fingerprint density at radius 2 is 1.42 bits per heavy atom. The van der Waals surface area contributed by atoms with E-state index in [1.165, 1.54) is 44.5 Å². The van der Waals surface area contributed by atoms with Crippen LogP contribution in [-0.4, -0.2) is 0 Å². The molecule has 4 aromatic carbocycles. The first-order chi connectivity index (χ1) is 16.2. The van der Waals surface area contributed by atoms with Crippen molar-refractivity contribution in [2.75, 3.05) is 5.73 Å². The van der Waals surface area contributed by atoms with Crippen molar-refractivity contribution in [3.63, 3.8) is 0 Å². The Morgan fingerprint density at radius 3 is 2.21 bits per heavy atom. The fourth-order valence-corrected chi connectivity index (χ4v) is 5.68. The summed E-state index contributed by atoms with van der Waals surface area (Å²) in [5, 5.41) is 0. The molecular formula is C32H27N. The zero-order chi connectivity index (χ0) is 22.4. The predicted molar refractivity (Wildman–Crippen MR) is 139 cm³/mol. The molecule has 33 heavy (non-hydrogen) atoms. The smallest absolute Gasteiger partial charge is 0.0710 e. The van der Waals surface area contributed by atoms with Crippen molar-refractivity contribution in [3.8, 4) is 22.3 Å². The van der Waals surface area contributed by atoms with Crippen molar-refractivity contribution >= 4 is 5.69 Å². The van der Waals surface area contributed by atoms with Gasteiger partial charge >= 0.3 is 0 Å². The molecule has 0 saturated heterocycles. The van der Waals surface area contributed by atoms with E-state index in [1.807, 2.05) is 6.07 Å². The second kappa shape index (κ2) is 7.64. The van der Waals surface area contributed by atoms with Crippen LogP contribution in [0.25, 0.3) is 22.3 Å². The highest BCUT2D eigenvalue weighted by Gasteiger charge is 2.46. The largest absolute Gasteiger partial charge is 0.399 e. The zero-order valence-electron chi connectivity index (χ0n) is 18.9. The van der Waals surface area contributed by atoms with Gasteiger partial charge in [0, 0.05) is 5.69 Å². The molecule has 4 aromatic rings. The van der Waals surface area contributed by atoms with Crippen molar-refractivity contribution < 1.29 is 0 Å². The minimum absolute atomic E-state index is 0.316. The van der Waals surface area contributed by atoms with Gasteiger partial charge in [0.25, 0.3) is 0 Å². The highest BCUT2D eigenvalue weighted by atomic mass is 14.5. The standard InChI is InChI=1S/C32H27N/c1-22-20-23(17-19-31(22)33)24-16-18-28-27-14-8-9-15-29(27)32(30(28)21-24,25-10-4-2-5-11-25)26-12-6-3-7-13-26/h2,4-6,8-21H,3,7,33H2,1H3. The van der Waals surface area contributed by atoms with Crippen molar-refractivity contribution in [3.05, 3.63) is 137 Å². The Labute approximate surface area is 195 Å². The van der Waals surface area contributed by atoms with E-state index in [4.69, 9.17) is 5.73 Å². The molecule has 2 aliphatic carbocycles. The number of allylic oxidation sites excluding steroid dienone is 4. The summed E-state index contributed by atoms with van der Waals surface area (Å²) in [6, 6.07) is 33.3. The van der Waals surface area contributed by atoms with E-state index >= 15 is 0 Å². The van der Waals surface area contributed by atoms with Crippen LogP contribution in [0.15, 0.2) is 115 Å². The summed E-state index contributed by atoms with van der Waals surface area (Å²) in [6.07, 6.45) is 9.30. The average molecular weight is 426 g/mol. The molecular weight excluding hydrogens is 398 g/mol. The zero-order valence-corrected chi connectivity index (χ0v) is 18.9. The average Bonchev–Trinajstić information content (AvgIpc) is 3.17. The molecule has 0 amide bonds. The van der Waals surface area contributed by atoms with E-state index in [0.29, 0.717) is 0 Å². The number of hydrogen-bond donors (Lipinski definition) is 1. The second-order valence-electron chi connectivity index (χ2n) is 9.13. The van der Waals surface area contributed by atoms with E-state index < -0.39 is 0 Å². The molecule has 0 saturated carbocycles. The van der Waals surface area contributed by atoms with Crippen LogP contribution in [0.2, 0.25) is 0 Å². The van der Waals surface area contributed by atoms with Crippen LogP contribution in [0.3, 0.4) is 0 Å². The van der Waals surface area contributed by atoms with E-state index in [1.54, 1.807) is 0 Å². The molecule has 160 valence electrons. The summed E-state index contributed by atoms with van der Waals surface area (Å²) in [5.41, 5.74) is 18.3. The number of anilines is 1. The van der Waals surface area contributed by atoms with Crippen LogP contribution in [0, 0.1) is 6.92 Å². The molecule has 6 rings (SSSR count). The fourth-order valence-electron chi connectivity index (χ4n) is 5.68. The molecule has 0 bridgehead atoms. The van der Waals surface area contributed by atoms with Crippen molar-refractivity contribution in [1.29, 1.82) is 0 Å². The van der Waals surface area contributed by atoms with E-state index in [2.05, 4.69) is 110 Å². The highest BCUT2D eigenvalue weighted by Crippen LogP contribution is 2.57. The maximum absolute atomic E-state index is 6.12. The Hall–Kier alpha value is -3.84. The van der Waals surface area contributed by atoms with E-state index in [0.717, 1.165) is 24.1 Å². The van der Waals surface area contributed by atoms with Crippen LogP contribution in [-0.2, 0) is 5.41 Å². The normalized spacial score (nSPS) is 18.5. The molecule has 0 aliphatic heterocycles. The number of nitrogen functional groups attached to an aromatic ring is 1. The lowest BCUT2D eigenvalue weighted by atomic mass is 9.66. The Morgan fingerprint density at radius 1 is 0.697 bits per heavy atom. The number of hydrogen-bond acceptors (Lipinski definition) is 1. The lowest BCUT2D eigenvalue weighted by molar-refractivity contribution is 0.752. The Balaban J connectivity index is 1.69. The van der Waals surface area contributed by atoms with Gasteiger partial charge in [0.15, 0.2) is 0 Å². The number of aryl methyl sites for hydroxylation is 1. The first kappa shape index (κ1) is 19.8. The maximum Gasteiger partial charge on any atom is 0.0710 e. The molecule has 2 N–H and O–H groups in total. The lowest BCUT2D eigenvalue weighted by Gasteiger charge is -2.35. The van der Waals surface area contributed by atoms with Crippen LogP contribution in [0.1, 0.15) is 35.1 Å². The maximum atomic E-state index is 6.12. The van der Waals surface area contributed by atoms with Crippen molar-refractivity contribution in [2.45, 2.75) is 25.2 Å². The van der Waals surface area contributed by atoms with Gasteiger partial charge in [-0.3, -0.25) is 0 Å². The molecule has 1 nitrogen and oxygen atoms in total. The number of benzene rings is 4. The molecule has 0 radical (unpaired) electrons. The summed E-state index contributed by atoms with van der Waals surface area (Å²) in [6.45, 7) is 2.08. The van der Waals surface area contributed by atoms with Crippen molar-refractivity contribution in [1.82, 2.24) is 0 Å². The van der Waals surface area contributed by atoms with Gasteiger partial charge < -0.3 is 5.73 Å². The number of rotatable bonds is 3. The number of fused-ring (bicyclic) bond motifs is 3. The SMILES string of the molecule is Cc1cc(-c2ccc3c(c2)C(C2=CCCC=C2)(c2ccccc2)c2ccccc2-3)ccc1N. The topological polar surface area (TPSA) is 26.0 Å². The summed E-state index contributed by atoms with van der Waals surface area (Å²) < 4.78 is 0. The summed E-state index contributed by atoms with van der Waals surface area (Å²) >= 11 is 0. The van der Waals surface area contributed by atoms with Gasteiger partial charge in [-0.2, -0.15) is 0 Å². The second-order valence-corrected chi connectivity index (χ2v) is 9.13. The third kappa shape index (κ3) is 2.93. The molecule has 2 aliphatic rings. The quantitative estimate of drug-likeness (QED) is 0.332. The summed E-state index contributed by atoms with van der Waals surface area (Å²) in [7, 11) is 0. The van der Waals surface area contributed by atoms with Crippen LogP contribution in [0.5, 0.6) is 0 Å². The Bertz CT molecular complexity index is 1420. The molecule has 1 unspecified atom stereocenters. The molecule has 0 spiro atoms. The molecule has 1 heteroatoms. The van der Waals surface area contributed by atoms with Crippen LogP contribution < -0.4 is 5.73 Å². The third-order valence-corrected chi connectivity index (χ3v) is 7.28. The monoisotopic (exact) mass is 425 g/mol. The first-order valence-corrected chi connectivity index (χ1v) is 11.7. The predicted octanol–water partition coefficient (Wildman–Crippen LogP) is 7.84. The van der Waals surface area contributed by atoms with Crippen molar-refractivity contribution in [2.24, 2.45) is 0 Å². The van der Waals surface area contributed by atoms with Gasteiger partial charge in [0.05, 0.1) is 5.41 Å². The summed E-state index contributed by atoms with van der Waals surface area (Å²) in [5.74, 6) is 0. The van der Waals surface area contributed by atoms with Gasteiger partial charge in [-0.1, -0.05) is 91.0 Å². The minimum atomic E-state index is -0.316. The lowest BCUT2D eigenvalue weighted by Crippen LogP contribution is -2.29. The summed E-state index contributed by atoms with van der Waals surface area (Å²) in [4.78, 5) is 0. The van der Waals surface area contributed by atoms with Crippen LogP contribution >= 0.6 is 0 Å². The van der Waals surface area contributed by atoms with Gasteiger partial charge in [-0.15, -0.1) is 0 Å². The number of nitrogens with two attached hydrogens (primary N) is 1. The van der Waals surface area contributed by atoms with Gasteiger partial charge in [-0.25, -0.2) is 0 Å². The van der Waals surface area contributed by atoms with Gasteiger partial charge in [0.1, 0.15) is 0 Å². The molecule has 0 aromatic heterocycles. The fraction of sp³-hybridized carbons (Fsp3) is 0.125. The van der Waals surface area contributed by atoms with Gasteiger partial charge in [0.2, 0.25) is 0 Å². The Kier molecular flexibility index (Phi) is 4.58. The molecule has 0 heterocycles. The third-order valence-electron chi connectivity index (χ3n) is 7.28. The highest BCUT2D eigenvalue weighted by molar-refractivity contribution is 5.88.